The molecule has 0 nitrogen and oxygen atoms in total. The molecule has 0 heteroatoms. The Morgan fingerprint density at radius 2 is 2.25 bits per heavy atom. The van der Waals surface area contributed by atoms with E-state index in [9.17, 15) is 0 Å². The average Bonchev–Trinajstić information content (AvgIpc) is 2.44. The molecule has 0 saturated heterocycles. The van der Waals surface area contributed by atoms with Crippen molar-refractivity contribution < 1.29 is 0 Å². The summed E-state index contributed by atoms with van der Waals surface area (Å²) in [5.41, 5.74) is 1.28. The molecule has 1 rings (SSSR count). The number of terminal acetylenes is 1. The highest BCUT2D eigenvalue weighted by Crippen LogP contribution is 2.50. The normalized spacial score (nSPS) is 21.5. The van der Waals surface area contributed by atoms with E-state index in [2.05, 4.69) is 12.5 Å². The molecule has 8 heavy (non-hydrogen) atoms. The summed E-state index contributed by atoms with van der Waals surface area (Å²) >= 11 is 0. The summed E-state index contributed by atoms with van der Waals surface area (Å²) in [4.78, 5) is 0. The zero-order valence-corrected chi connectivity index (χ0v) is 5.20. The van der Waals surface area contributed by atoms with Crippen LogP contribution in [0.4, 0.5) is 0 Å². The monoisotopic (exact) mass is 106 g/mol. The van der Waals surface area contributed by atoms with Crippen LogP contribution in [0.2, 0.25) is 0 Å². The molecule has 0 N–H and O–H groups in total. The van der Waals surface area contributed by atoms with Gasteiger partial charge in [0, 0.05) is 0 Å². The van der Waals surface area contributed by atoms with Crippen LogP contribution in [0.25, 0.3) is 0 Å². The van der Waals surface area contributed by atoms with Crippen molar-refractivity contribution in [3.05, 3.63) is 12.2 Å². The second-order valence-corrected chi connectivity index (χ2v) is 2.51. The molecule has 1 saturated carbocycles. The summed E-state index contributed by atoms with van der Waals surface area (Å²) in [6.45, 7) is 5.82. The lowest BCUT2D eigenvalue weighted by molar-refractivity contribution is 0.825. The summed E-state index contributed by atoms with van der Waals surface area (Å²) in [5, 5.41) is 0. The number of allylic oxidation sites excluding steroid dienone is 1. The highest BCUT2D eigenvalue weighted by molar-refractivity contribution is 5.29. The van der Waals surface area contributed by atoms with Crippen LogP contribution in [-0.4, -0.2) is 0 Å². The van der Waals surface area contributed by atoms with Gasteiger partial charge in [-0.3, -0.25) is 0 Å². The van der Waals surface area contributed by atoms with Crippen LogP contribution in [0.1, 0.15) is 19.8 Å². The van der Waals surface area contributed by atoms with Gasteiger partial charge in [-0.15, -0.1) is 6.42 Å². The Morgan fingerprint density at radius 1 is 1.75 bits per heavy atom. The van der Waals surface area contributed by atoms with Gasteiger partial charge >= 0.3 is 0 Å². The number of hydrogen-bond donors (Lipinski definition) is 0. The van der Waals surface area contributed by atoms with E-state index in [0.717, 1.165) is 18.4 Å². The Kier molecular flexibility index (Phi) is 0.942. The summed E-state index contributed by atoms with van der Waals surface area (Å²) in [7, 11) is 0. The molecule has 0 aliphatic heterocycles. The van der Waals surface area contributed by atoms with Crippen LogP contribution in [0.15, 0.2) is 12.2 Å². The Balaban J connectivity index is 2.71. The van der Waals surface area contributed by atoms with Gasteiger partial charge < -0.3 is 0 Å². The van der Waals surface area contributed by atoms with Gasteiger partial charge in [0.05, 0.1) is 5.41 Å². The molecule has 0 aromatic carbocycles. The zero-order valence-electron chi connectivity index (χ0n) is 5.20. The molecule has 0 heterocycles. The molecule has 0 aromatic heterocycles. The van der Waals surface area contributed by atoms with Gasteiger partial charge in [0.25, 0.3) is 0 Å². The molecule has 1 aliphatic rings. The van der Waals surface area contributed by atoms with Crippen molar-refractivity contribution in [2.45, 2.75) is 19.8 Å². The van der Waals surface area contributed by atoms with E-state index in [-0.39, 0.29) is 5.41 Å². The minimum Gasteiger partial charge on any atom is -0.119 e. The maximum absolute atomic E-state index is 5.26. The van der Waals surface area contributed by atoms with Crippen molar-refractivity contribution in [2.75, 3.05) is 0 Å². The van der Waals surface area contributed by atoms with Crippen LogP contribution in [0.5, 0.6) is 0 Å². The molecule has 0 atom stereocenters. The molecule has 0 bridgehead atoms. The van der Waals surface area contributed by atoms with E-state index >= 15 is 0 Å². The lowest BCUT2D eigenvalue weighted by atomic mass is 10.0. The summed E-state index contributed by atoms with van der Waals surface area (Å²) in [6.07, 6.45) is 7.56. The molecule has 0 spiro atoms. The highest BCUT2D eigenvalue weighted by atomic mass is 14.4. The van der Waals surface area contributed by atoms with E-state index in [1.165, 1.54) is 0 Å². The van der Waals surface area contributed by atoms with Gasteiger partial charge in [-0.25, -0.2) is 0 Å². The minimum absolute atomic E-state index is 0.125. The van der Waals surface area contributed by atoms with Crippen molar-refractivity contribution in [3.8, 4) is 12.3 Å². The van der Waals surface area contributed by atoms with Gasteiger partial charge in [-0.05, 0) is 19.8 Å². The van der Waals surface area contributed by atoms with Gasteiger partial charge in [0.1, 0.15) is 0 Å². The van der Waals surface area contributed by atoms with E-state index in [0.29, 0.717) is 0 Å². The molecule has 1 aliphatic carbocycles. The lowest BCUT2D eigenvalue weighted by Crippen LogP contribution is -1.94. The van der Waals surface area contributed by atoms with Crippen molar-refractivity contribution in [3.63, 3.8) is 0 Å². The minimum atomic E-state index is 0.125. The maximum atomic E-state index is 5.26. The Labute approximate surface area is 50.6 Å². The molecule has 1 fully saturated rings. The van der Waals surface area contributed by atoms with Crippen molar-refractivity contribution >= 4 is 0 Å². The second kappa shape index (κ2) is 1.39. The van der Waals surface area contributed by atoms with Crippen molar-refractivity contribution in [1.82, 2.24) is 0 Å². The molecular formula is C8H10. The Hall–Kier alpha value is -0.700. The first-order valence-corrected chi connectivity index (χ1v) is 2.85. The van der Waals surface area contributed by atoms with E-state index < -0.39 is 0 Å². The molecule has 0 amide bonds. The first kappa shape index (κ1) is 5.44. The summed E-state index contributed by atoms with van der Waals surface area (Å²) < 4.78 is 0. The first-order valence-electron chi connectivity index (χ1n) is 2.85. The predicted molar refractivity (Wildman–Crippen MR) is 35.3 cm³/mol. The summed E-state index contributed by atoms with van der Waals surface area (Å²) in [5.74, 6) is 2.75. The molecular weight excluding hydrogens is 96.1 g/mol. The average molecular weight is 106 g/mol. The van der Waals surface area contributed by atoms with Crippen molar-refractivity contribution in [2.24, 2.45) is 5.41 Å². The fourth-order valence-corrected chi connectivity index (χ4v) is 0.819. The number of rotatable bonds is 1. The third kappa shape index (κ3) is 0.554. The zero-order chi connectivity index (χ0) is 6.20. The molecule has 0 unspecified atom stereocenters. The van der Waals surface area contributed by atoms with Crippen molar-refractivity contribution in [1.29, 1.82) is 0 Å². The SMILES string of the molecule is C#CC1(C(=C)C)CC1. The fourth-order valence-electron chi connectivity index (χ4n) is 0.819. The van der Waals surface area contributed by atoms with E-state index in [4.69, 9.17) is 6.42 Å². The topological polar surface area (TPSA) is 0 Å². The third-order valence-electron chi connectivity index (χ3n) is 1.84. The Bertz CT molecular complexity index is 153. The first-order chi connectivity index (χ1) is 3.71. The van der Waals surface area contributed by atoms with Crippen LogP contribution in [0, 0.1) is 17.8 Å². The standard InChI is InChI=1S/C8H10/c1-4-8(5-6-8)7(2)3/h1H,2,5-6H2,3H3. The van der Waals surface area contributed by atoms with Gasteiger partial charge in [-0.1, -0.05) is 18.1 Å². The molecule has 0 aromatic rings. The smallest absolute Gasteiger partial charge is 0.0516 e. The molecule has 42 valence electrons. The maximum Gasteiger partial charge on any atom is 0.0516 e. The molecule has 0 radical (unpaired) electrons. The number of hydrogen-bond acceptors (Lipinski definition) is 0. The van der Waals surface area contributed by atoms with Crippen LogP contribution < -0.4 is 0 Å². The lowest BCUT2D eigenvalue weighted by Gasteiger charge is -2.02. The van der Waals surface area contributed by atoms with E-state index in [1.54, 1.807) is 0 Å². The van der Waals surface area contributed by atoms with Gasteiger partial charge in [0.15, 0.2) is 0 Å². The van der Waals surface area contributed by atoms with Crippen LogP contribution >= 0.6 is 0 Å². The Morgan fingerprint density at radius 3 is 2.25 bits per heavy atom. The summed E-state index contributed by atoms with van der Waals surface area (Å²) in [6, 6.07) is 0. The van der Waals surface area contributed by atoms with Crippen LogP contribution in [0.3, 0.4) is 0 Å². The van der Waals surface area contributed by atoms with E-state index in [1.807, 2.05) is 6.92 Å². The van der Waals surface area contributed by atoms with Crippen LogP contribution in [-0.2, 0) is 0 Å². The third-order valence-corrected chi connectivity index (χ3v) is 1.84. The van der Waals surface area contributed by atoms with Gasteiger partial charge in [-0.2, -0.15) is 0 Å². The quantitative estimate of drug-likeness (QED) is 0.354. The fraction of sp³-hybridized carbons (Fsp3) is 0.500. The van der Waals surface area contributed by atoms with Gasteiger partial charge in [0.2, 0.25) is 0 Å². The second-order valence-electron chi connectivity index (χ2n) is 2.51. The predicted octanol–water partition coefficient (Wildman–Crippen LogP) is 1.98. The highest BCUT2D eigenvalue weighted by Gasteiger charge is 2.41. The largest absolute Gasteiger partial charge is 0.119 e.